The van der Waals surface area contributed by atoms with E-state index in [1.165, 1.54) is 57.8 Å². The maximum absolute atomic E-state index is 12.0. The Morgan fingerprint density at radius 2 is 1.37 bits per heavy atom. The molecule has 0 amide bonds. The molecule has 174 valence electrons. The van der Waals surface area contributed by atoms with Crippen LogP contribution in [0.25, 0.3) is 0 Å². The van der Waals surface area contributed by atoms with Gasteiger partial charge in [-0.3, -0.25) is 4.72 Å². The fourth-order valence-corrected chi connectivity index (χ4v) is 4.67. The van der Waals surface area contributed by atoms with Gasteiger partial charge >= 0.3 is 0 Å². The summed E-state index contributed by atoms with van der Waals surface area (Å²) in [7, 11) is -3.30. The van der Waals surface area contributed by atoms with Gasteiger partial charge in [0.15, 0.2) is 0 Å². The molecule has 0 heterocycles. The van der Waals surface area contributed by atoms with Crippen LogP contribution < -0.4 is 9.46 Å². The van der Waals surface area contributed by atoms with Gasteiger partial charge in [-0.2, -0.15) is 0 Å². The van der Waals surface area contributed by atoms with Gasteiger partial charge in [0.1, 0.15) is 11.9 Å². The second-order valence-corrected chi connectivity index (χ2v) is 10.0. The van der Waals surface area contributed by atoms with Crippen LogP contribution in [0.5, 0.6) is 5.75 Å². The Kier molecular flexibility index (Phi) is 14.7. The zero-order valence-corrected chi connectivity index (χ0v) is 19.9. The fourth-order valence-electron chi connectivity index (χ4n) is 3.41. The van der Waals surface area contributed by atoms with Gasteiger partial charge in [0.05, 0.1) is 12.4 Å². The second-order valence-electron chi connectivity index (χ2n) is 8.19. The molecule has 2 N–H and O–H groups in total. The van der Waals surface area contributed by atoms with E-state index >= 15 is 0 Å². The topological polar surface area (TPSA) is 75.6 Å². The molecule has 0 bridgehead atoms. The minimum Gasteiger partial charge on any atom is -0.488 e. The predicted molar refractivity (Wildman–Crippen MR) is 127 cm³/mol. The van der Waals surface area contributed by atoms with Crippen LogP contribution in [0.1, 0.15) is 97.3 Å². The number of rotatable bonds is 19. The van der Waals surface area contributed by atoms with E-state index in [9.17, 15) is 13.5 Å². The van der Waals surface area contributed by atoms with Crippen LogP contribution >= 0.6 is 0 Å². The van der Waals surface area contributed by atoms with Crippen molar-refractivity contribution >= 4 is 15.7 Å². The predicted octanol–water partition coefficient (Wildman–Crippen LogP) is 6.28. The summed E-state index contributed by atoms with van der Waals surface area (Å²) in [6, 6.07) is 6.90. The van der Waals surface area contributed by atoms with Gasteiger partial charge in [-0.25, -0.2) is 8.42 Å². The highest BCUT2D eigenvalue weighted by molar-refractivity contribution is 7.92. The molecule has 0 aliphatic rings. The Morgan fingerprint density at radius 1 is 0.833 bits per heavy atom. The first-order valence-electron chi connectivity index (χ1n) is 11.9. The highest BCUT2D eigenvalue weighted by Gasteiger charge is 2.11. The molecule has 0 radical (unpaired) electrons. The molecule has 6 heteroatoms. The molecule has 0 fully saturated rings. The average Bonchev–Trinajstić information content (AvgIpc) is 2.73. The summed E-state index contributed by atoms with van der Waals surface area (Å²) in [4.78, 5) is 0. The maximum atomic E-state index is 12.0. The third-order valence-electron chi connectivity index (χ3n) is 5.28. The van der Waals surface area contributed by atoms with Crippen LogP contribution in [-0.2, 0) is 10.0 Å². The minimum absolute atomic E-state index is 0.0111. The summed E-state index contributed by atoms with van der Waals surface area (Å²) in [5.74, 6) is 0.783. The molecule has 0 aromatic heterocycles. The summed E-state index contributed by atoms with van der Waals surface area (Å²) < 4.78 is 32.4. The van der Waals surface area contributed by atoms with Crippen LogP contribution in [-0.4, -0.2) is 32.0 Å². The molecule has 5 nitrogen and oxygen atoms in total. The smallest absolute Gasteiger partial charge is 0.232 e. The van der Waals surface area contributed by atoms with Gasteiger partial charge in [0, 0.05) is 5.69 Å². The molecule has 0 aliphatic carbocycles. The van der Waals surface area contributed by atoms with Gasteiger partial charge in [-0.15, -0.1) is 0 Å². The van der Waals surface area contributed by atoms with Crippen molar-refractivity contribution in [2.75, 3.05) is 17.1 Å². The molecule has 1 rings (SSSR count). The molecule has 1 aromatic carbocycles. The standard InChI is InChI=1S/C24H43NO4S/c1-3-5-7-8-9-10-11-12-13-14-15-24(21-26)29-23-18-16-22(17-19-23)25-30(27,28)20-6-4-2/h16-19,24-26H,3-15,20-21H2,1-2H3. The molecule has 0 aliphatic heterocycles. The van der Waals surface area contributed by atoms with Gasteiger partial charge in [0.2, 0.25) is 10.0 Å². The Hall–Kier alpha value is -1.27. The zero-order valence-electron chi connectivity index (χ0n) is 19.1. The van der Waals surface area contributed by atoms with E-state index in [-0.39, 0.29) is 18.5 Å². The number of nitrogens with one attached hydrogen (secondary N) is 1. The Labute approximate surface area is 184 Å². The Balaban J connectivity index is 2.24. The number of ether oxygens (including phenoxy) is 1. The molecule has 0 saturated carbocycles. The fraction of sp³-hybridized carbons (Fsp3) is 0.750. The third-order valence-corrected chi connectivity index (χ3v) is 6.65. The molecule has 0 saturated heterocycles. The summed E-state index contributed by atoms with van der Waals surface area (Å²) in [6.07, 6.45) is 15.0. The van der Waals surface area contributed by atoms with Gasteiger partial charge < -0.3 is 9.84 Å². The Morgan fingerprint density at radius 3 is 1.90 bits per heavy atom. The van der Waals surface area contributed by atoms with Crippen LogP contribution in [0.4, 0.5) is 5.69 Å². The number of aliphatic hydroxyl groups excluding tert-OH is 1. The zero-order chi connectivity index (χ0) is 22.1. The number of aliphatic hydroxyl groups is 1. The van der Waals surface area contributed by atoms with E-state index in [0.29, 0.717) is 17.9 Å². The van der Waals surface area contributed by atoms with E-state index in [2.05, 4.69) is 11.6 Å². The third kappa shape index (κ3) is 13.1. The second kappa shape index (κ2) is 16.4. The van der Waals surface area contributed by atoms with Gasteiger partial charge in [-0.05, 0) is 43.5 Å². The number of hydrogen-bond donors (Lipinski definition) is 2. The average molecular weight is 442 g/mol. The minimum atomic E-state index is -3.30. The summed E-state index contributed by atoms with van der Waals surface area (Å²) >= 11 is 0. The quantitative estimate of drug-likeness (QED) is 0.248. The maximum Gasteiger partial charge on any atom is 0.232 e. The number of unbranched alkanes of at least 4 members (excludes halogenated alkanes) is 10. The largest absolute Gasteiger partial charge is 0.488 e. The van der Waals surface area contributed by atoms with Crippen molar-refractivity contribution in [2.24, 2.45) is 0 Å². The van der Waals surface area contributed by atoms with Gasteiger partial charge in [0.25, 0.3) is 0 Å². The normalized spacial score (nSPS) is 12.6. The lowest BCUT2D eigenvalue weighted by atomic mass is 10.0. The van der Waals surface area contributed by atoms with Crippen LogP contribution in [0.2, 0.25) is 0 Å². The first-order valence-corrected chi connectivity index (χ1v) is 13.5. The van der Waals surface area contributed by atoms with Crippen molar-refractivity contribution in [3.8, 4) is 5.75 Å². The molecule has 0 spiro atoms. The van der Waals surface area contributed by atoms with Gasteiger partial charge in [-0.1, -0.05) is 78.1 Å². The molecule has 30 heavy (non-hydrogen) atoms. The number of hydrogen-bond acceptors (Lipinski definition) is 4. The number of benzene rings is 1. The van der Waals surface area contributed by atoms with Crippen molar-refractivity contribution < 1.29 is 18.3 Å². The lowest BCUT2D eigenvalue weighted by molar-refractivity contribution is 0.106. The van der Waals surface area contributed by atoms with Crippen LogP contribution in [0, 0.1) is 0 Å². The van der Waals surface area contributed by atoms with E-state index in [1.54, 1.807) is 24.3 Å². The molecule has 1 aromatic rings. The van der Waals surface area contributed by atoms with Crippen molar-refractivity contribution in [3.63, 3.8) is 0 Å². The monoisotopic (exact) mass is 441 g/mol. The van der Waals surface area contributed by atoms with Crippen LogP contribution in [0.15, 0.2) is 24.3 Å². The van der Waals surface area contributed by atoms with Crippen molar-refractivity contribution in [1.82, 2.24) is 0 Å². The number of anilines is 1. The van der Waals surface area contributed by atoms with Crippen molar-refractivity contribution in [2.45, 2.75) is 103 Å². The van der Waals surface area contributed by atoms with E-state index in [4.69, 9.17) is 4.74 Å². The molecular weight excluding hydrogens is 398 g/mol. The highest BCUT2D eigenvalue weighted by Crippen LogP contribution is 2.20. The summed E-state index contributed by atoms with van der Waals surface area (Å²) in [5.41, 5.74) is 0.536. The first-order chi connectivity index (χ1) is 14.5. The lowest BCUT2D eigenvalue weighted by Crippen LogP contribution is -2.21. The van der Waals surface area contributed by atoms with E-state index < -0.39 is 10.0 Å². The molecule has 1 unspecified atom stereocenters. The lowest BCUT2D eigenvalue weighted by Gasteiger charge is -2.17. The summed E-state index contributed by atoms with van der Waals surface area (Å²) in [6.45, 7) is 4.20. The van der Waals surface area contributed by atoms with Crippen molar-refractivity contribution in [1.29, 1.82) is 0 Å². The SMILES string of the molecule is CCCCCCCCCCCCC(CO)Oc1ccc(NS(=O)(=O)CCCC)cc1. The van der Waals surface area contributed by atoms with Crippen molar-refractivity contribution in [3.05, 3.63) is 24.3 Å². The van der Waals surface area contributed by atoms with Crippen LogP contribution in [0.3, 0.4) is 0 Å². The molecular formula is C24H43NO4S. The Bertz CT molecular complexity index is 631. The number of sulfonamides is 1. The molecule has 1 atom stereocenters. The highest BCUT2D eigenvalue weighted by atomic mass is 32.2. The summed E-state index contributed by atoms with van der Waals surface area (Å²) in [5, 5.41) is 9.60. The first kappa shape index (κ1) is 26.8. The van der Waals surface area contributed by atoms with E-state index in [0.717, 1.165) is 19.3 Å². The van der Waals surface area contributed by atoms with E-state index in [1.807, 2.05) is 6.92 Å².